The van der Waals surface area contributed by atoms with Crippen LogP contribution in [0.4, 0.5) is 0 Å². The molecule has 0 bridgehead atoms. The van der Waals surface area contributed by atoms with E-state index in [0.29, 0.717) is 6.61 Å². The van der Waals surface area contributed by atoms with Crippen LogP contribution in [-0.4, -0.2) is 37.2 Å². The van der Waals surface area contributed by atoms with Gasteiger partial charge in [0.1, 0.15) is 0 Å². The summed E-state index contributed by atoms with van der Waals surface area (Å²) in [5.41, 5.74) is 5.10. The van der Waals surface area contributed by atoms with E-state index in [9.17, 15) is 4.79 Å². The Morgan fingerprint density at radius 2 is 2.42 bits per heavy atom. The number of oxime groups is 1. The van der Waals surface area contributed by atoms with Gasteiger partial charge in [-0.1, -0.05) is 5.16 Å². The Kier molecular flexibility index (Phi) is 5.72. The minimum Gasteiger partial charge on any atom is -0.409 e. The lowest BCUT2D eigenvalue weighted by Crippen LogP contribution is -2.33. The average molecular weight is 175 g/mol. The van der Waals surface area contributed by atoms with Gasteiger partial charge in [-0.05, 0) is 0 Å². The molecular weight excluding hydrogens is 162 g/mol. The van der Waals surface area contributed by atoms with E-state index in [1.54, 1.807) is 0 Å². The minimum atomic E-state index is -0.191. The Labute approximate surface area is 70.4 Å². The van der Waals surface area contributed by atoms with E-state index in [1.165, 1.54) is 7.11 Å². The number of nitrogens with two attached hydrogens (primary N) is 1. The van der Waals surface area contributed by atoms with Gasteiger partial charge in [-0.2, -0.15) is 0 Å². The molecule has 4 N–H and O–H groups in total. The number of nitrogens with one attached hydrogen (secondary N) is 1. The SMILES string of the molecule is COCCC(=O)NCC(N)=NO. The largest absolute Gasteiger partial charge is 0.409 e. The molecule has 1 amide bonds. The molecule has 0 fully saturated rings. The number of carbonyl (C=O) groups is 1. The minimum absolute atomic E-state index is 0.0271. The van der Waals surface area contributed by atoms with E-state index in [2.05, 4.69) is 15.2 Å². The highest BCUT2D eigenvalue weighted by Crippen LogP contribution is 1.79. The first-order chi connectivity index (χ1) is 5.70. The summed E-state index contributed by atoms with van der Waals surface area (Å²) in [6.45, 7) is 0.418. The number of nitrogens with zero attached hydrogens (tertiary/aromatic N) is 1. The molecule has 0 aliphatic heterocycles. The first kappa shape index (κ1) is 10.7. The van der Waals surface area contributed by atoms with Crippen LogP contribution in [0.3, 0.4) is 0 Å². The standard InChI is InChI=1S/C6H13N3O3/c1-12-3-2-6(10)8-4-5(7)9-11/h11H,2-4H2,1H3,(H2,7,9)(H,8,10). The van der Waals surface area contributed by atoms with Crippen LogP contribution in [0.5, 0.6) is 0 Å². The number of amides is 1. The van der Waals surface area contributed by atoms with Crippen LogP contribution in [-0.2, 0) is 9.53 Å². The van der Waals surface area contributed by atoms with Crippen molar-refractivity contribution in [1.29, 1.82) is 0 Å². The predicted octanol–water partition coefficient (Wildman–Crippen LogP) is -1.11. The van der Waals surface area contributed by atoms with E-state index in [1.807, 2.05) is 0 Å². The van der Waals surface area contributed by atoms with Gasteiger partial charge in [-0.3, -0.25) is 4.79 Å². The highest BCUT2D eigenvalue weighted by atomic mass is 16.5. The van der Waals surface area contributed by atoms with Gasteiger partial charge in [0, 0.05) is 13.5 Å². The molecule has 70 valence electrons. The maximum Gasteiger partial charge on any atom is 0.222 e. The maximum absolute atomic E-state index is 10.8. The number of hydrogen-bond donors (Lipinski definition) is 3. The summed E-state index contributed by atoms with van der Waals surface area (Å²) in [5.74, 6) is -0.218. The molecule has 0 saturated heterocycles. The van der Waals surface area contributed by atoms with Crippen molar-refractivity contribution in [2.24, 2.45) is 10.9 Å². The van der Waals surface area contributed by atoms with Gasteiger partial charge >= 0.3 is 0 Å². The van der Waals surface area contributed by atoms with E-state index >= 15 is 0 Å². The van der Waals surface area contributed by atoms with Crippen molar-refractivity contribution in [2.45, 2.75) is 6.42 Å². The second kappa shape index (κ2) is 6.41. The van der Waals surface area contributed by atoms with Crippen molar-refractivity contribution in [3.8, 4) is 0 Å². The van der Waals surface area contributed by atoms with Crippen molar-refractivity contribution in [1.82, 2.24) is 5.32 Å². The predicted molar refractivity (Wildman–Crippen MR) is 42.9 cm³/mol. The van der Waals surface area contributed by atoms with E-state index in [4.69, 9.17) is 10.9 Å². The molecule has 0 aromatic rings. The number of methoxy groups -OCH3 is 1. The molecule has 0 aromatic carbocycles. The van der Waals surface area contributed by atoms with Crippen LogP contribution in [0.1, 0.15) is 6.42 Å². The van der Waals surface area contributed by atoms with Gasteiger partial charge in [0.2, 0.25) is 5.91 Å². The fourth-order valence-corrected chi connectivity index (χ4v) is 0.508. The molecule has 6 nitrogen and oxygen atoms in total. The lowest BCUT2D eigenvalue weighted by molar-refractivity contribution is -0.121. The zero-order chi connectivity index (χ0) is 9.40. The molecule has 0 saturated carbocycles. The smallest absolute Gasteiger partial charge is 0.222 e. The zero-order valence-electron chi connectivity index (χ0n) is 6.91. The van der Waals surface area contributed by atoms with Crippen LogP contribution in [0.15, 0.2) is 5.16 Å². The molecule has 0 atom stereocenters. The van der Waals surface area contributed by atoms with Crippen LogP contribution >= 0.6 is 0 Å². The average Bonchev–Trinajstić information content (AvgIpc) is 2.10. The Balaban J connectivity index is 3.44. The monoisotopic (exact) mass is 175 g/mol. The van der Waals surface area contributed by atoms with Gasteiger partial charge in [0.05, 0.1) is 13.2 Å². The number of rotatable bonds is 5. The van der Waals surface area contributed by atoms with Crippen LogP contribution in [0.2, 0.25) is 0 Å². The van der Waals surface area contributed by atoms with Crippen molar-refractivity contribution >= 4 is 11.7 Å². The fraction of sp³-hybridized carbons (Fsp3) is 0.667. The third kappa shape index (κ3) is 5.48. The molecule has 0 rings (SSSR count). The van der Waals surface area contributed by atoms with Gasteiger partial charge < -0.3 is 21.0 Å². The molecule has 0 aromatic heterocycles. The van der Waals surface area contributed by atoms with Crippen molar-refractivity contribution in [3.63, 3.8) is 0 Å². The summed E-state index contributed by atoms with van der Waals surface area (Å²) in [5, 5.41) is 13.2. The number of carbonyl (C=O) groups excluding carboxylic acids is 1. The Morgan fingerprint density at radius 3 is 2.92 bits per heavy atom. The summed E-state index contributed by atoms with van der Waals surface area (Å²) in [6.07, 6.45) is 0.273. The second-order valence-electron chi connectivity index (χ2n) is 2.11. The molecule has 0 spiro atoms. The van der Waals surface area contributed by atoms with Gasteiger partial charge in [0.15, 0.2) is 5.84 Å². The molecule has 0 aliphatic rings. The molecule has 0 radical (unpaired) electrons. The summed E-state index contributed by atoms with van der Waals surface area (Å²) in [7, 11) is 1.51. The Morgan fingerprint density at radius 1 is 1.75 bits per heavy atom. The molecule has 0 heterocycles. The van der Waals surface area contributed by atoms with Crippen LogP contribution < -0.4 is 11.1 Å². The summed E-state index contributed by atoms with van der Waals surface area (Å²) in [4.78, 5) is 10.8. The summed E-state index contributed by atoms with van der Waals surface area (Å²) < 4.78 is 4.67. The van der Waals surface area contributed by atoms with Crippen molar-refractivity contribution in [2.75, 3.05) is 20.3 Å². The molecule has 12 heavy (non-hydrogen) atoms. The normalized spacial score (nSPS) is 11.2. The van der Waals surface area contributed by atoms with Crippen LogP contribution in [0, 0.1) is 0 Å². The first-order valence-electron chi connectivity index (χ1n) is 3.42. The quantitative estimate of drug-likeness (QED) is 0.213. The van der Waals surface area contributed by atoms with E-state index in [-0.39, 0.29) is 24.7 Å². The second-order valence-corrected chi connectivity index (χ2v) is 2.11. The Hall–Kier alpha value is -1.30. The fourth-order valence-electron chi connectivity index (χ4n) is 0.508. The van der Waals surface area contributed by atoms with Crippen molar-refractivity contribution < 1.29 is 14.7 Å². The number of ether oxygens (including phenoxy) is 1. The molecule has 6 heteroatoms. The lowest BCUT2D eigenvalue weighted by Gasteiger charge is -2.02. The van der Waals surface area contributed by atoms with E-state index in [0.717, 1.165) is 0 Å². The first-order valence-corrected chi connectivity index (χ1v) is 3.42. The highest BCUT2D eigenvalue weighted by Gasteiger charge is 2.00. The van der Waals surface area contributed by atoms with Gasteiger partial charge in [-0.15, -0.1) is 0 Å². The Bertz CT molecular complexity index is 169. The maximum atomic E-state index is 10.8. The third-order valence-electron chi connectivity index (χ3n) is 1.13. The van der Waals surface area contributed by atoms with E-state index < -0.39 is 0 Å². The zero-order valence-corrected chi connectivity index (χ0v) is 6.91. The highest BCUT2D eigenvalue weighted by molar-refractivity contribution is 5.86. The number of amidine groups is 1. The number of hydrogen-bond acceptors (Lipinski definition) is 4. The topological polar surface area (TPSA) is 96.9 Å². The molecule has 0 unspecified atom stereocenters. The van der Waals surface area contributed by atoms with Gasteiger partial charge in [-0.25, -0.2) is 0 Å². The molecular formula is C6H13N3O3. The summed E-state index contributed by atoms with van der Waals surface area (Å²) in [6, 6.07) is 0. The van der Waals surface area contributed by atoms with Crippen LogP contribution in [0.25, 0.3) is 0 Å². The third-order valence-corrected chi connectivity index (χ3v) is 1.13. The molecule has 0 aliphatic carbocycles. The van der Waals surface area contributed by atoms with Gasteiger partial charge in [0.25, 0.3) is 0 Å². The van der Waals surface area contributed by atoms with Crippen molar-refractivity contribution in [3.05, 3.63) is 0 Å². The lowest BCUT2D eigenvalue weighted by atomic mass is 10.4. The summed E-state index contributed by atoms with van der Waals surface area (Å²) >= 11 is 0.